The highest BCUT2D eigenvalue weighted by molar-refractivity contribution is 5.26. The molecule has 84 valence electrons. The second kappa shape index (κ2) is 5.89. The zero-order chi connectivity index (χ0) is 11.3. The van der Waals surface area contributed by atoms with Gasteiger partial charge in [0.2, 0.25) is 0 Å². The van der Waals surface area contributed by atoms with Crippen LogP contribution in [0.15, 0.2) is 24.3 Å². The standard InChI is InChI=1S/C13H21NO/c1-10-6-4-5-7-13(10)8-11(2)14-12(3)9-15/h4-7,11-12,14-15H,8-9H2,1-3H3/t11?,12-/m0/s1. The first-order valence-electron chi connectivity index (χ1n) is 5.55. The largest absolute Gasteiger partial charge is 0.395 e. The Labute approximate surface area is 92.3 Å². The van der Waals surface area contributed by atoms with E-state index in [0.717, 1.165) is 6.42 Å². The van der Waals surface area contributed by atoms with Gasteiger partial charge in [0.1, 0.15) is 0 Å². The van der Waals surface area contributed by atoms with E-state index in [4.69, 9.17) is 5.11 Å². The van der Waals surface area contributed by atoms with E-state index in [2.05, 4.69) is 43.4 Å². The Hall–Kier alpha value is -0.860. The number of aliphatic hydroxyl groups excluding tert-OH is 1. The molecule has 0 heterocycles. The maximum atomic E-state index is 8.94. The van der Waals surface area contributed by atoms with Crippen molar-refractivity contribution in [3.05, 3.63) is 35.4 Å². The number of benzene rings is 1. The van der Waals surface area contributed by atoms with Crippen LogP contribution in [0.3, 0.4) is 0 Å². The van der Waals surface area contributed by atoms with Gasteiger partial charge in [0.05, 0.1) is 6.61 Å². The van der Waals surface area contributed by atoms with Crippen molar-refractivity contribution in [2.75, 3.05) is 6.61 Å². The van der Waals surface area contributed by atoms with Crippen molar-refractivity contribution in [1.82, 2.24) is 5.32 Å². The lowest BCUT2D eigenvalue weighted by molar-refractivity contribution is 0.242. The van der Waals surface area contributed by atoms with E-state index in [0.29, 0.717) is 6.04 Å². The van der Waals surface area contributed by atoms with Gasteiger partial charge in [-0.3, -0.25) is 0 Å². The van der Waals surface area contributed by atoms with Crippen LogP contribution in [0.25, 0.3) is 0 Å². The molecule has 0 aliphatic heterocycles. The van der Waals surface area contributed by atoms with Crippen molar-refractivity contribution in [2.45, 2.75) is 39.3 Å². The number of hydrogen-bond acceptors (Lipinski definition) is 2. The molecule has 0 saturated heterocycles. The van der Waals surface area contributed by atoms with Crippen LogP contribution in [0, 0.1) is 6.92 Å². The van der Waals surface area contributed by atoms with Gasteiger partial charge in [-0.1, -0.05) is 24.3 Å². The molecule has 2 N–H and O–H groups in total. The van der Waals surface area contributed by atoms with Gasteiger partial charge in [-0.25, -0.2) is 0 Å². The van der Waals surface area contributed by atoms with Crippen LogP contribution in [-0.2, 0) is 6.42 Å². The first-order valence-corrected chi connectivity index (χ1v) is 5.55. The molecule has 0 bridgehead atoms. The van der Waals surface area contributed by atoms with Crippen molar-refractivity contribution in [3.63, 3.8) is 0 Å². The van der Waals surface area contributed by atoms with Crippen molar-refractivity contribution in [3.8, 4) is 0 Å². The third-order valence-electron chi connectivity index (χ3n) is 2.63. The average Bonchev–Trinajstić information content (AvgIpc) is 2.21. The summed E-state index contributed by atoms with van der Waals surface area (Å²) in [7, 11) is 0. The van der Waals surface area contributed by atoms with Gasteiger partial charge in [0, 0.05) is 12.1 Å². The topological polar surface area (TPSA) is 32.3 Å². The van der Waals surface area contributed by atoms with Crippen LogP contribution in [-0.4, -0.2) is 23.8 Å². The Bertz CT molecular complexity index is 298. The molecule has 1 aromatic rings. The smallest absolute Gasteiger partial charge is 0.0582 e. The monoisotopic (exact) mass is 207 g/mol. The fourth-order valence-electron chi connectivity index (χ4n) is 1.77. The average molecular weight is 207 g/mol. The number of hydrogen-bond donors (Lipinski definition) is 2. The molecule has 0 radical (unpaired) electrons. The fourth-order valence-corrected chi connectivity index (χ4v) is 1.77. The van der Waals surface area contributed by atoms with Crippen molar-refractivity contribution in [1.29, 1.82) is 0 Å². The van der Waals surface area contributed by atoms with Crippen LogP contribution in [0.5, 0.6) is 0 Å². The zero-order valence-electron chi connectivity index (χ0n) is 9.83. The van der Waals surface area contributed by atoms with Gasteiger partial charge >= 0.3 is 0 Å². The van der Waals surface area contributed by atoms with E-state index in [-0.39, 0.29) is 12.6 Å². The molecular weight excluding hydrogens is 186 g/mol. The molecule has 1 rings (SSSR count). The SMILES string of the molecule is Cc1ccccc1CC(C)N[C@@H](C)CO. The van der Waals surface area contributed by atoms with E-state index >= 15 is 0 Å². The summed E-state index contributed by atoms with van der Waals surface area (Å²) in [6.07, 6.45) is 1.01. The summed E-state index contributed by atoms with van der Waals surface area (Å²) in [5.74, 6) is 0. The van der Waals surface area contributed by atoms with E-state index in [1.165, 1.54) is 11.1 Å². The molecule has 2 atom stereocenters. The third kappa shape index (κ3) is 4.02. The Morgan fingerprint density at radius 2 is 1.87 bits per heavy atom. The Kier molecular flexibility index (Phi) is 4.79. The summed E-state index contributed by atoms with van der Waals surface area (Å²) < 4.78 is 0. The van der Waals surface area contributed by atoms with Gasteiger partial charge in [0.15, 0.2) is 0 Å². The van der Waals surface area contributed by atoms with Gasteiger partial charge in [-0.15, -0.1) is 0 Å². The van der Waals surface area contributed by atoms with E-state index in [1.807, 2.05) is 6.92 Å². The summed E-state index contributed by atoms with van der Waals surface area (Å²) in [4.78, 5) is 0. The molecule has 0 amide bonds. The van der Waals surface area contributed by atoms with Crippen LogP contribution in [0.1, 0.15) is 25.0 Å². The first-order chi connectivity index (χ1) is 7.13. The molecule has 1 aromatic carbocycles. The van der Waals surface area contributed by atoms with Gasteiger partial charge in [-0.2, -0.15) is 0 Å². The minimum absolute atomic E-state index is 0.170. The highest BCUT2D eigenvalue weighted by Gasteiger charge is 2.07. The van der Waals surface area contributed by atoms with Crippen LogP contribution in [0.4, 0.5) is 0 Å². The van der Waals surface area contributed by atoms with Gasteiger partial charge in [-0.05, 0) is 38.3 Å². The minimum atomic E-state index is 0.170. The van der Waals surface area contributed by atoms with E-state index in [9.17, 15) is 0 Å². The lowest BCUT2D eigenvalue weighted by atomic mass is 10.0. The van der Waals surface area contributed by atoms with E-state index in [1.54, 1.807) is 0 Å². The minimum Gasteiger partial charge on any atom is -0.395 e. The summed E-state index contributed by atoms with van der Waals surface area (Å²) in [6.45, 7) is 6.47. The molecule has 0 saturated carbocycles. The summed E-state index contributed by atoms with van der Waals surface area (Å²) in [5, 5.41) is 12.3. The van der Waals surface area contributed by atoms with Crippen LogP contribution in [0.2, 0.25) is 0 Å². The molecule has 0 fully saturated rings. The number of rotatable bonds is 5. The van der Waals surface area contributed by atoms with Crippen molar-refractivity contribution < 1.29 is 5.11 Å². The quantitative estimate of drug-likeness (QED) is 0.773. The molecule has 0 aliphatic carbocycles. The Morgan fingerprint density at radius 1 is 1.20 bits per heavy atom. The molecule has 2 nitrogen and oxygen atoms in total. The first kappa shape index (κ1) is 12.2. The number of aliphatic hydroxyl groups is 1. The highest BCUT2D eigenvalue weighted by atomic mass is 16.3. The van der Waals surface area contributed by atoms with Crippen molar-refractivity contribution in [2.24, 2.45) is 0 Å². The maximum Gasteiger partial charge on any atom is 0.0582 e. The Balaban J connectivity index is 2.51. The van der Waals surface area contributed by atoms with Gasteiger partial charge in [0.25, 0.3) is 0 Å². The Morgan fingerprint density at radius 3 is 2.47 bits per heavy atom. The summed E-state index contributed by atoms with van der Waals surface area (Å²) in [5.41, 5.74) is 2.71. The second-order valence-corrected chi connectivity index (χ2v) is 4.28. The number of nitrogens with one attached hydrogen (secondary N) is 1. The molecule has 0 aromatic heterocycles. The second-order valence-electron chi connectivity index (χ2n) is 4.28. The van der Waals surface area contributed by atoms with E-state index < -0.39 is 0 Å². The van der Waals surface area contributed by atoms with Crippen molar-refractivity contribution >= 4 is 0 Å². The third-order valence-corrected chi connectivity index (χ3v) is 2.63. The lowest BCUT2D eigenvalue weighted by Crippen LogP contribution is -2.38. The predicted molar refractivity (Wildman–Crippen MR) is 64.0 cm³/mol. The summed E-state index contributed by atoms with van der Waals surface area (Å²) >= 11 is 0. The molecule has 15 heavy (non-hydrogen) atoms. The normalized spacial score (nSPS) is 14.9. The molecule has 1 unspecified atom stereocenters. The highest BCUT2D eigenvalue weighted by Crippen LogP contribution is 2.09. The molecular formula is C13H21NO. The fraction of sp³-hybridized carbons (Fsp3) is 0.538. The zero-order valence-corrected chi connectivity index (χ0v) is 9.83. The molecule has 0 spiro atoms. The van der Waals surface area contributed by atoms with Gasteiger partial charge < -0.3 is 10.4 Å². The lowest BCUT2D eigenvalue weighted by Gasteiger charge is -2.19. The number of aryl methyl sites for hydroxylation is 1. The van der Waals surface area contributed by atoms with Crippen LogP contribution >= 0.6 is 0 Å². The predicted octanol–water partition coefficient (Wildman–Crippen LogP) is 1.90. The van der Waals surface area contributed by atoms with Crippen LogP contribution < -0.4 is 5.32 Å². The summed E-state index contributed by atoms with van der Waals surface area (Å²) in [6, 6.07) is 9.00. The maximum absolute atomic E-state index is 8.94. The molecule has 0 aliphatic rings. The molecule has 2 heteroatoms.